The zero-order valence-electron chi connectivity index (χ0n) is 13.1. The van der Waals surface area contributed by atoms with Crippen LogP contribution in [-0.4, -0.2) is 23.5 Å². The summed E-state index contributed by atoms with van der Waals surface area (Å²) in [5.41, 5.74) is 0.684. The Morgan fingerprint density at radius 1 is 1.21 bits per heavy atom. The second kappa shape index (κ2) is 10.1. The molecular formula is C17H21Cl2N3O2. The molecule has 0 radical (unpaired) electrons. The number of aromatic nitrogens is 1. The number of hydrogen-bond donors (Lipinski definition) is 2. The molecule has 1 aromatic carbocycles. The van der Waals surface area contributed by atoms with Crippen LogP contribution in [0, 0.1) is 0 Å². The lowest BCUT2D eigenvalue weighted by atomic mass is 10.1. The van der Waals surface area contributed by atoms with Crippen LogP contribution in [0.1, 0.15) is 19.3 Å². The summed E-state index contributed by atoms with van der Waals surface area (Å²) in [7, 11) is 0. The molecule has 1 amide bonds. The van der Waals surface area contributed by atoms with E-state index in [1.165, 1.54) is 0 Å². The first-order chi connectivity index (χ1) is 10.8. The number of hydrogen-bond acceptors (Lipinski definition) is 4. The average Bonchev–Trinajstić information content (AvgIpc) is 3.03. The number of halogens is 2. The van der Waals surface area contributed by atoms with Crippen molar-refractivity contribution >= 4 is 36.4 Å². The van der Waals surface area contributed by atoms with Gasteiger partial charge in [-0.15, -0.1) is 24.8 Å². The third-order valence-corrected chi connectivity index (χ3v) is 3.58. The summed E-state index contributed by atoms with van der Waals surface area (Å²) in [6, 6.07) is 13.3. The van der Waals surface area contributed by atoms with Crippen LogP contribution in [0.4, 0.5) is 5.69 Å². The minimum atomic E-state index is 0. The van der Waals surface area contributed by atoms with E-state index in [2.05, 4.69) is 15.6 Å². The van der Waals surface area contributed by atoms with Crippen molar-refractivity contribution in [2.24, 2.45) is 0 Å². The molecule has 2 N–H and O–H groups in total. The van der Waals surface area contributed by atoms with Crippen LogP contribution >= 0.6 is 24.8 Å². The Balaban J connectivity index is 0.00000144. The summed E-state index contributed by atoms with van der Waals surface area (Å²) in [5.74, 6) is 1.25. The van der Waals surface area contributed by atoms with Crippen molar-refractivity contribution in [3.63, 3.8) is 0 Å². The largest absolute Gasteiger partial charge is 0.439 e. The first kappa shape index (κ1) is 20.2. The van der Waals surface area contributed by atoms with E-state index >= 15 is 0 Å². The second-order valence-corrected chi connectivity index (χ2v) is 5.35. The van der Waals surface area contributed by atoms with Gasteiger partial charge in [0.1, 0.15) is 5.75 Å². The van der Waals surface area contributed by atoms with E-state index in [0.717, 1.165) is 25.1 Å². The van der Waals surface area contributed by atoms with Crippen LogP contribution in [0.3, 0.4) is 0 Å². The lowest BCUT2D eigenvalue weighted by molar-refractivity contribution is -0.116. The number of nitrogens with one attached hydrogen (secondary N) is 2. The highest BCUT2D eigenvalue weighted by Gasteiger charge is 2.17. The van der Waals surface area contributed by atoms with Crippen molar-refractivity contribution in [3.8, 4) is 11.6 Å². The first-order valence-electron chi connectivity index (χ1n) is 7.52. The number of pyridine rings is 1. The van der Waals surface area contributed by atoms with Crippen LogP contribution in [0.5, 0.6) is 11.6 Å². The molecule has 0 saturated carbocycles. The van der Waals surface area contributed by atoms with E-state index in [4.69, 9.17) is 4.74 Å². The van der Waals surface area contributed by atoms with E-state index in [-0.39, 0.29) is 30.7 Å². The maximum atomic E-state index is 11.9. The van der Waals surface area contributed by atoms with Gasteiger partial charge in [0, 0.05) is 18.5 Å². The molecule has 24 heavy (non-hydrogen) atoms. The topological polar surface area (TPSA) is 63.2 Å². The molecule has 1 atom stereocenters. The Morgan fingerprint density at radius 3 is 2.62 bits per heavy atom. The van der Waals surface area contributed by atoms with Crippen molar-refractivity contribution < 1.29 is 9.53 Å². The smallest absolute Gasteiger partial charge is 0.225 e. The molecule has 1 saturated heterocycles. The van der Waals surface area contributed by atoms with Crippen LogP contribution in [-0.2, 0) is 4.79 Å². The number of amides is 1. The molecule has 0 spiro atoms. The zero-order chi connectivity index (χ0) is 15.2. The number of anilines is 1. The fraction of sp³-hybridized carbons (Fsp3) is 0.294. The number of carbonyl (C=O) groups excluding carboxylic acids is 1. The van der Waals surface area contributed by atoms with Gasteiger partial charge in [0.15, 0.2) is 0 Å². The lowest BCUT2D eigenvalue weighted by Crippen LogP contribution is -2.27. The Morgan fingerprint density at radius 2 is 2.00 bits per heavy atom. The van der Waals surface area contributed by atoms with Gasteiger partial charge in [0.2, 0.25) is 11.8 Å². The number of nitrogens with zero attached hydrogens (tertiary/aromatic N) is 1. The molecule has 0 aliphatic carbocycles. The zero-order valence-corrected chi connectivity index (χ0v) is 14.7. The molecule has 1 aliphatic rings. The van der Waals surface area contributed by atoms with Crippen LogP contribution < -0.4 is 15.4 Å². The molecule has 1 unspecified atom stereocenters. The summed E-state index contributed by atoms with van der Waals surface area (Å²) in [6.45, 7) is 1.00. The third-order valence-electron chi connectivity index (χ3n) is 3.58. The van der Waals surface area contributed by atoms with Crippen molar-refractivity contribution in [3.05, 3.63) is 48.7 Å². The van der Waals surface area contributed by atoms with E-state index < -0.39 is 0 Å². The van der Waals surface area contributed by atoms with Gasteiger partial charge in [0.25, 0.3) is 0 Å². The van der Waals surface area contributed by atoms with Gasteiger partial charge in [-0.2, -0.15) is 0 Å². The second-order valence-electron chi connectivity index (χ2n) is 5.35. The van der Waals surface area contributed by atoms with Gasteiger partial charge in [-0.1, -0.05) is 18.2 Å². The summed E-state index contributed by atoms with van der Waals surface area (Å²) >= 11 is 0. The van der Waals surface area contributed by atoms with Crippen LogP contribution in [0.25, 0.3) is 0 Å². The van der Waals surface area contributed by atoms with Crippen molar-refractivity contribution in [1.29, 1.82) is 0 Å². The third kappa shape index (κ3) is 6.00. The fourth-order valence-electron chi connectivity index (χ4n) is 2.49. The van der Waals surface area contributed by atoms with E-state index in [1.54, 1.807) is 18.3 Å². The summed E-state index contributed by atoms with van der Waals surface area (Å²) in [5, 5.41) is 6.18. The maximum absolute atomic E-state index is 11.9. The number of rotatable bonds is 5. The van der Waals surface area contributed by atoms with Gasteiger partial charge in [-0.05, 0) is 37.6 Å². The number of carbonyl (C=O) groups is 1. The highest BCUT2D eigenvalue weighted by molar-refractivity contribution is 5.90. The monoisotopic (exact) mass is 369 g/mol. The van der Waals surface area contributed by atoms with Crippen molar-refractivity contribution in [2.45, 2.75) is 25.3 Å². The SMILES string of the molecule is Cl.Cl.O=C(CC1CCCN1)Nc1ccc(Oc2ccccc2)nc1. The Labute approximate surface area is 154 Å². The number of ether oxygens (including phenoxy) is 1. The summed E-state index contributed by atoms with van der Waals surface area (Å²) in [4.78, 5) is 16.1. The van der Waals surface area contributed by atoms with Crippen LogP contribution in [0.2, 0.25) is 0 Å². The van der Waals surface area contributed by atoms with Gasteiger partial charge in [0.05, 0.1) is 11.9 Å². The molecule has 1 aliphatic heterocycles. The van der Waals surface area contributed by atoms with E-state index in [1.807, 2.05) is 30.3 Å². The summed E-state index contributed by atoms with van der Waals surface area (Å²) in [6.07, 6.45) is 4.32. The maximum Gasteiger partial charge on any atom is 0.225 e. The fourth-order valence-corrected chi connectivity index (χ4v) is 2.49. The molecular weight excluding hydrogens is 349 g/mol. The highest BCUT2D eigenvalue weighted by Crippen LogP contribution is 2.20. The van der Waals surface area contributed by atoms with Gasteiger partial charge < -0.3 is 15.4 Å². The Hall–Kier alpha value is -1.82. The standard InChI is InChI=1S/C17H19N3O2.2ClH/c21-16(11-13-5-4-10-18-13)20-14-8-9-17(19-12-14)22-15-6-2-1-3-7-15;;/h1-3,6-9,12-13,18H,4-5,10-11H2,(H,20,21);2*1H. The number of benzene rings is 1. The number of para-hydroxylation sites is 1. The normalized spacial score (nSPS) is 15.8. The van der Waals surface area contributed by atoms with E-state index in [0.29, 0.717) is 24.0 Å². The molecule has 2 aromatic rings. The average molecular weight is 370 g/mol. The van der Waals surface area contributed by atoms with Crippen molar-refractivity contribution in [1.82, 2.24) is 10.3 Å². The molecule has 1 aromatic heterocycles. The predicted octanol–water partition coefficient (Wildman–Crippen LogP) is 3.80. The van der Waals surface area contributed by atoms with Gasteiger partial charge >= 0.3 is 0 Å². The lowest BCUT2D eigenvalue weighted by Gasteiger charge is -2.10. The highest BCUT2D eigenvalue weighted by atomic mass is 35.5. The van der Waals surface area contributed by atoms with Crippen molar-refractivity contribution in [2.75, 3.05) is 11.9 Å². The predicted molar refractivity (Wildman–Crippen MR) is 99.5 cm³/mol. The molecule has 1 fully saturated rings. The first-order valence-corrected chi connectivity index (χ1v) is 7.52. The van der Waals surface area contributed by atoms with Gasteiger partial charge in [-0.3, -0.25) is 4.79 Å². The Kier molecular flexibility index (Phi) is 8.54. The van der Waals surface area contributed by atoms with Crippen LogP contribution in [0.15, 0.2) is 48.7 Å². The molecule has 7 heteroatoms. The quantitative estimate of drug-likeness (QED) is 0.841. The Bertz CT molecular complexity index is 617. The minimum Gasteiger partial charge on any atom is -0.439 e. The van der Waals surface area contributed by atoms with Gasteiger partial charge in [-0.25, -0.2) is 4.98 Å². The molecule has 2 heterocycles. The molecule has 3 rings (SSSR count). The molecule has 130 valence electrons. The molecule has 5 nitrogen and oxygen atoms in total. The minimum absolute atomic E-state index is 0. The van der Waals surface area contributed by atoms with E-state index in [9.17, 15) is 4.79 Å². The summed E-state index contributed by atoms with van der Waals surface area (Å²) < 4.78 is 5.61. The molecule has 0 bridgehead atoms.